The molecule has 192 valence electrons. The van der Waals surface area contributed by atoms with E-state index in [0.29, 0.717) is 41.2 Å². The van der Waals surface area contributed by atoms with E-state index in [1.54, 1.807) is 18.2 Å². The third kappa shape index (κ3) is 5.31. The molecule has 1 unspecified atom stereocenters. The largest absolute Gasteiger partial charge is 0.493 e. The molecule has 1 aliphatic carbocycles. The van der Waals surface area contributed by atoms with Crippen LogP contribution in [0.4, 0.5) is 5.69 Å². The molecule has 1 heterocycles. The van der Waals surface area contributed by atoms with E-state index in [-0.39, 0.29) is 35.2 Å². The Morgan fingerprint density at radius 2 is 1.95 bits per heavy atom. The van der Waals surface area contributed by atoms with Gasteiger partial charge in [0.05, 0.1) is 13.0 Å². The van der Waals surface area contributed by atoms with Crippen molar-refractivity contribution in [3.63, 3.8) is 0 Å². The molecule has 37 heavy (non-hydrogen) atoms. The van der Waals surface area contributed by atoms with Gasteiger partial charge < -0.3 is 25.3 Å². The van der Waals surface area contributed by atoms with Crippen molar-refractivity contribution in [2.24, 2.45) is 11.1 Å². The van der Waals surface area contributed by atoms with Gasteiger partial charge in [0.2, 0.25) is 5.88 Å². The highest BCUT2D eigenvalue weighted by atomic mass is 16.5. The molecular weight excluding hydrogens is 470 g/mol. The van der Waals surface area contributed by atoms with E-state index in [2.05, 4.69) is 11.4 Å². The zero-order chi connectivity index (χ0) is 26.9. The number of hydrogen-bond acceptors (Lipinski definition) is 7. The monoisotopic (exact) mass is 501 g/mol. The van der Waals surface area contributed by atoms with E-state index >= 15 is 0 Å². The van der Waals surface area contributed by atoms with Crippen LogP contribution in [0, 0.1) is 30.6 Å². The molecule has 0 saturated carbocycles. The van der Waals surface area contributed by atoms with Gasteiger partial charge in [-0.3, -0.25) is 9.59 Å². The standard InChI is InChI=1S/C29H31N3O5/c1-16-6-8-20(17(2)10-16)32-25(34)15-36-22-9-7-18(11-23(22)35-5)26-19(14-30)28(31)37-24-13-29(3,4)12-21(33)27(24)26/h6-11,26H,12-13,15,31H2,1-5H3,(H,32,34). The lowest BCUT2D eigenvalue weighted by Gasteiger charge is -2.37. The molecule has 4 rings (SSSR count). The molecule has 0 fully saturated rings. The van der Waals surface area contributed by atoms with Gasteiger partial charge in [-0.25, -0.2) is 0 Å². The normalized spacial score (nSPS) is 18.5. The molecular formula is C29H31N3O5. The Balaban J connectivity index is 1.59. The van der Waals surface area contributed by atoms with Crippen molar-refractivity contribution >= 4 is 17.4 Å². The third-order valence-corrected chi connectivity index (χ3v) is 6.61. The van der Waals surface area contributed by atoms with Crippen molar-refractivity contribution < 1.29 is 23.8 Å². The fourth-order valence-corrected chi connectivity index (χ4v) is 4.88. The summed E-state index contributed by atoms with van der Waals surface area (Å²) in [5, 5.41) is 12.7. The smallest absolute Gasteiger partial charge is 0.262 e. The Morgan fingerprint density at radius 3 is 2.62 bits per heavy atom. The van der Waals surface area contributed by atoms with Gasteiger partial charge in [0.1, 0.15) is 17.4 Å². The van der Waals surface area contributed by atoms with Crippen LogP contribution in [-0.2, 0) is 14.3 Å². The highest BCUT2D eigenvalue weighted by molar-refractivity contribution is 6.00. The van der Waals surface area contributed by atoms with Gasteiger partial charge >= 0.3 is 0 Å². The number of amides is 1. The van der Waals surface area contributed by atoms with Crippen molar-refractivity contribution in [3.8, 4) is 17.6 Å². The van der Waals surface area contributed by atoms with Crippen LogP contribution in [0.1, 0.15) is 49.3 Å². The number of ether oxygens (including phenoxy) is 3. The van der Waals surface area contributed by atoms with Gasteiger partial charge in [-0.05, 0) is 48.6 Å². The number of anilines is 1. The van der Waals surface area contributed by atoms with Gasteiger partial charge in [-0.15, -0.1) is 0 Å². The number of aryl methyl sites for hydroxylation is 2. The van der Waals surface area contributed by atoms with E-state index in [1.165, 1.54) is 7.11 Å². The van der Waals surface area contributed by atoms with E-state index in [4.69, 9.17) is 19.9 Å². The summed E-state index contributed by atoms with van der Waals surface area (Å²) < 4.78 is 17.0. The average Bonchev–Trinajstić information content (AvgIpc) is 2.82. The fraction of sp³-hybridized carbons (Fsp3) is 0.345. The van der Waals surface area contributed by atoms with Crippen LogP contribution in [0.2, 0.25) is 0 Å². The van der Waals surface area contributed by atoms with Gasteiger partial charge in [0, 0.05) is 24.1 Å². The minimum atomic E-state index is -0.673. The van der Waals surface area contributed by atoms with Crippen LogP contribution in [0.15, 0.2) is 59.2 Å². The van der Waals surface area contributed by atoms with E-state index in [1.807, 2.05) is 45.9 Å². The van der Waals surface area contributed by atoms with Crippen LogP contribution in [-0.4, -0.2) is 25.4 Å². The number of hydrogen-bond donors (Lipinski definition) is 2. The van der Waals surface area contributed by atoms with Crippen LogP contribution < -0.4 is 20.5 Å². The molecule has 2 aromatic carbocycles. The maximum Gasteiger partial charge on any atom is 0.262 e. The first-order chi connectivity index (χ1) is 17.5. The van der Waals surface area contributed by atoms with E-state index in [9.17, 15) is 14.9 Å². The second-order valence-electron chi connectivity index (χ2n) is 10.3. The van der Waals surface area contributed by atoms with Gasteiger partial charge in [0.15, 0.2) is 23.9 Å². The summed E-state index contributed by atoms with van der Waals surface area (Å²) in [6, 6.07) is 13.0. The lowest BCUT2D eigenvalue weighted by molar-refractivity contribution is -0.119. The molecule has 0 bridgehead atoms. The summed E-state index contributed by atoms with van der Waals surface area (Å²) in [6.07, 6.45) is 0.885. The Kier molecular flexibility index (Phi) is 6.99. The number of ketones is 1. The number of allylic oxidation sites excluding steroid dienone is 3. The molecule has 1 aliphatic heterocycles. The first-order valence-electron chi connectivity index (χ1n) is 12.0. The summed E-state index contributed by atoms with van der Waals surface area (Å²) in [5.41, 5.74) is 9.91. The molecule has 0 saturated heterocycles. The van der Waals surface area contributed by atoms with Crippen molar-refractivity contribution in [1.82, 2.24) is 0 Å². The second-order valence-corrected chi connectivity index (χ2v) is 10.3. The van der Waals surface area contributed by atoms with Crippen LogP contribution in [0.5, 0.6) is 11.5 Å². The van der Waals surface area contributed by atoms with Crippen LogP contribution in [0.3, 0.4) is 0 Å². The number of nitriles is 1. The number of rotatable bonds is 6. The molecule has 8 nitrogen and oxygen atoms in total. The van der Waals surface area contributed by atoms with Crippen molar-refractivity contribution in [3.05, 3.63) is 75.9 Å². The minimum Gasteiger partial charge on any atom is -0.493 e. The first-order valence-corrected chi connectivity index (χ1v) is 12.0. The highest BCUT2D eigenvalue weighted by Gasteiger charge is 2.43. The predicted octanol–water partition coefficient (Wildman–Crippen LogP) is 4.78. The van der Waals surface area contributed by atoms with Crippen LogP contribution >= 0.6 is 0 Å². The first kappa shape index (κ1) is 25.8. The highest BCUT2D eigenvalue weighted by Crippen LogP contribution is 2.48. The second kappa shape index (κ2) is 10.0. The number of carbonyl (C=O) groups is 2. The van der Waals surface area contributed by atoms with Gasteiger partial charge in [-0.2, -0.15) is 5.26 Å². The van der Waals surface area contributed by atoms with Crippen molar-refractivity contribution in [2.45, 2.75) is 46.5 Å². The van der Waals surface area contributed by atoms with Gasteiger partial charge in [-0.1, -0.05) is 37.6 Å². The number of carbonyl (C=O) groups excluding carboxylic acids is 2. The summed E-state index contributed by atoms with van der Waals surface area (Å²) in [7, 11) is 1.49. The minimum absolute atomic E-state index is 0.000821. The van der Waals surface area contributed by atoms with Gasteiger partial charge in [0.25, 0.3) is 5.91 Å². The molecule has 2 aromatic rings. The Hall–Kier alpha value is -4.25. The number of Topliss-reactive ketones (excluding diaryl/α,β-unsaturated/α-hetero) is 1. The number of benzene rings is 2. The lowest BCUT2D eigenvalue weighted by atomic mass is 9.70. The average molecular weight is 502 g/mol. The fourth-order valence-electron chi connectivity index (χ4n) is 4.88. The molecule has 1 amide bonds. The molecule has 3 N–H and O–H groups in total. The SMILES string of the molecule is COc1cc(C2C(C#N)=C(N)OC3=C2C(=O)CC(C)(C)C3)ccc1OCC(=O)Nc1ccc(C)cc1C. The molecule has 1 atom stereocenters. The molecule has 0 radical (unpaired) electrons. The lowest BCUT2D eigenvalue weighted by Crippen LogP contribution is -2.33. The topological polar surface area (TPSA) is 124 Å². The van der Waals surface area contributed by atoms with E-state index < -0.39 is 5.92 Å². The summed E-state index contributed by atoms with van der Waals surface area (Å²) in [4.78, 5) is 25.7. The summed E-state index contributed by atoms with van der Waals surface area (Å²) >= 11 is 0. The van der Waals surface area contributed by atoms with E-state index in [0.717, 1.165) is 16.8 Å². The molecule has 8 heteroatoms. The zero-order valence-electron chi connectivity index (χ0n) is 21.7. The Bertz CT molecular complexity index is 1380. The molecule has 0 spiro atoms. The van der Waals surface area contributed by atoms with Crippen molar-refractivity contribution in [2.75, 3.05) is 19.0 Å². The molecule has 2 aliphatic rings. The maximum absolute atomic E-state index is 13.2. The van der Waals surface area contributed by atoms with Crippen molar-refractivity contribution in [1.29, 1.82) is 5.26 Å². The summed E-state index contributed by atoms with van der Waals surface area (Å²) in [5.74, 6) is 0.172. The van der Waals surface area contributed by atoms with Crippen LogP contribution in [0.25, 0.3) is 0 Å². The third-order valence-electron chi connectivity index (χ3n) is 6.61. The zero-order valence-corrected chi connectivity index (χ0v) is 21.7. The number of methoxy groups -OCH3 is 1. The number of nitrogens with one attached hydrogen (secondary N) is 1. The Labute approximate surface area is 216 Å². The quantitative estimate of drug-likeness (QED) is 0.584. The maximum atomic E-state index is 13.2. The number of nitrogens with zero attached hydrogens (tertiary/aromatic N) is 1. The predicted molar refractivity (Wildman–Crippen MR) is 139 cm³/mol. The molecule has 0 aromatic heterocycles. The summed E-state index contributed by atoms with van der Waals surface area (Å²) in [6.45, 7) is 7.69. The Morgan fingerprint density at radius 1 is 1.19 bits per heavy atom. The number of nitrogens with two attached hydrogens (primary N) is 1.